The summed E-state index contributed by atoms with van der Waals surface area (Å²) in [6.45, 7) is 4.21. The van der Waals surface area contributed by atoms with Crippen LogP contribution in [0.5, 0.6) is 0 Å². The molecular formula is C17H21N3. The monoisotopic (exact) mass is 267 g/mol. The number of H-pyrrole nitrogens is 1. The Labute approximate surface area is 120 Å². The maximum absolute atomic E-state index is 9.20. The molecule has 20 heavy (non-hydrogen) atoms. The zero-order valence-electron chi connectivity index (χ0n) is 12.0. The van der Waals surface area contributed by atoms with Crippen LogP contribution in [-0.2, 0) is 5.41 Å². The number of rotatable bonds is 4. The fourth-order valence-corrected chi connectivity index (χ4v) is 3.53. The molecule has 1 fully saturated rings. The molecule has 1 saturated carbocycles. The van der Waals surface area contributed by atoms with E-state index >= 15 is 0 Å². The van der Waals surface area contributed by atoms with Gasteiger partial charge in [-0.2, -0.15) is 5.26 Å². The van der Waals surface area contributed by atoms with Gasteiger partial charge in [0.05, 0.1) is 5.56 Å². The number of hydrogen-bond acceptors (Lipinski definition) is 2. The summed E-state index contributed by atoms with van der Waals surface area (Å²) in [5.74, 6) is 0. The molecule has 0 bridgehead atoms. The third-order valence-electron chi connectivity index (χ3n) is 4.69. The van der Waals surface area contributed by atoms with Gasteiger partial charge in [-0.15, -0.1) is 0 Å². The molecule has 1 aromatic carbocycles. The fraction of sp³-hybridized carbons (Fsp3) is 0.471. The first-order valence-corrected chi connectivity index (χ1v) is 7.51. The largest absolute Gasteiger partial charge is 0.360 e. The van der Waals surface area contributed by atoms with Gasteiger partial charge in [-0.3, -0.25) is 0 Å². The molecular weight excluding hydrogens is 246 g/mol. The first-order valence-electron chi connectivity index (χ1n) is 7.51. The van der Waals surface area contributed by atoms with Crippen LogP contribution in [0.25, 0.3) is 10.9 Å². The quantitative estimate of drug-likeness (QED) is 0.891. The Morgan fingerprint density at radius 1 is 1.35 bits per heavy atom. The van der Waals surface area contributed by atoms with Crippen molar-refractivity contribution in [3.8, 4) is 6.07 Å². The molecule has 1 aliphatic rings. The maximum atomic E-state index is 9.20. The second kappa shape index (κ2) is 5.30. The lowest BCUT2D eigenvalue weighted by Crippen LogP contribution is -2.35. The number of aromatic nitrogens is 1. The number of nitrogens with zero attached hydrogens (tertiary/aromatic N) is 1. The average Bonchev–Trinajstić information content (AvgIpc) is 3.11. The molecule has 0 spiro atoms. The summed E-state index contributed by atoms with van der Waals surface area (Å²) in [6, 6.07) is 8.87. The van der Waals surface area contributed by atoms with Crippen molar-refractivity contribution in [1.29, 1.82) is 5.26 Å². The van der Waals surface area contributed by atoms with Crippen LogP contribution in [0.15, 0.2) is 24.4 Å². The Hall–Kier alpha value is -1.79. The first-order chi connectivity index (χ1) is 9.79. The summed E-state index contributed by atoms with van der Waals surface area (Å²) in [4.78, 5) is 3.17. The van der Waals surface area contributed by atoms with Crippen LogP contribution < -0.4 is 5.32 Å². The number of benzene rings is 1. The number of hydrogen-bond donors (Lipinski definition) is 2. The van der Waals surface area contributed by atoms with Gasteiger partial charge in [0.2, 0.25) is 0 Å². The lowest BCUT2D eigenvalue weighted by molar-refractivity contribution is 0.410. The predicted molar refractivity (Wildman–Crippen MR) is 81.7 cm³/mol. The van der Waals surface area contributed by atoms with Crippen molar-refractivity contribution < 1.29 is 0 Å². The average molecular weight is 267 g/mol. The molecule has 1 heterocycles. The molecule has 3 rings (SSSR count). The van der Waals surface area contributed by atoms with Crippen molar-refractivity contribution in [2.75, 3.05) is 13.1 Å². The normalized spacial score (nSPS) is 17.4. The standard InChI is InChI=1S/C17H21N3/c1-2-19-12-17(7-3-4-8-17)14-5-6-16-15(9-14)13(10-18)11-20-16/h5-6,9,11,19-20H,2-4,7-8,12H2,1H3. The minimum atomic E-state index is 0.258. The summed E-state index contributed by atoms with van der Waals surface area (Å²) in [7, 11) is 0. The number of fused-ring (bicyclic) bond motifs is 1. The van der Waals surface area contributed by atoms with E-state index in [9.17, 15) is 5.26 Å². The number of nitrogens with one attached hydrogen (secondary N) is 2. The van der Waals surface area contributed by atoms with E-state index in [1.807, 2.05) is 0 Å². The van der Waals surface area contributed by atoms with E-state index in [0.29, 0.717) is 0 Å². The third-order valence-corrected chi connectivity index (χ3v) is 4.69. The van der Waals surface area contributed by atoms with E-state index < -0.39 is 0 Å². The molecule has 104 valence electrons. The Morgan fingerprint density at radius 2 is 2.15 bits per heavy atom. The van der Waals surface area contributed by atoms with Crippen LogP contribution in [-0.4, -0.2) is 18.1 Å². The predicted octanol–water partition coefficient (Wildman–Crippen LogP) is 3.46. The Kier molecular flexibility index (Phi) is 3.50. The van der Waals surface area contributed by atoms with E-state index in [0.717, 1.165) is 29.6 Å². The highest BCUT2D eigenvalue weighted by Gasteiger charge is 2.35. The molecule has 0 amide bonds. The molecule has 2 aromatic rings. The van der Waals surface area contributed by atoms with Gasteiger partial charge in [0.25, 0.3) is 0 Å². The van der Waals surface area contributed by atoms with Crippen molar-refractivity contribution in [3.63, 3.8) is 0 Å². The van der Waals surface area contributed by atoms with Crippen molar-refractivity contribution in [2.24, 2.45) is 0 Å². The van der Waals surface area contributed by atoms with Crippen molar-refractivity contribution >= 4 is 10.9 Å². The minimum Gasteiger partial charge on any atom is -0.360 e. The van der Waals surface area contributed by atoms with Gasteiger partial charge in [-0.25, -0.2) is 0 Å². The summed E-state index contributed by atoms with van der Waals surface area (Å²) in [5, 5.41) is 13.8. The lowest BCUT2D eigenvalue weighted by Gasteiger charge is -2.30. The van der Waals surface area contributed by atoms with E-state index in [1.54, 1.807) is 6.20 Å². The fourth-order valence-electron chi connectivity index (χ4n) is 3.53. The van der Waals surface area contributed by atoms with Gasteiger partial charge < -0.3 is 10.3 Å². The van der Waals surface area contributed by atoms with Crippen molar-refractivity contribution in [1.82, 2.24) is 10.3 Å². The van der Waals surface area contributed by atoms with Crippen molar-refractivity contribution in [2.45, 2.75) is 38.0 Å². The van der Waals surface area contributed by atoms with E-state index in [4.69, 9.17) is 0 Å². The van der Waals surface area contributed by atoms with Gasteiger partial charge in [0.1, 0.15) is 6.07 Å². The zero-order chi connectivity index (χ0) is 14.0. The van der Waals surface area contributed by atoms with Gasteiger partial charge in [-0.05, 0) is 37.1 Å². The SMILES string of the molecule is CCNCC1(c2ccc3[nH]cc(C#N)c3c2)CCCC1. The molecule has 0 radical (unpaired) electrons. The second-order valence-corrected chi connectivity index (χ2v) is 5.84. The highest BCUT2D eigenvalue weighted by Crippen LogP contribution is 2.41. The maximum Gasteiger partial charge on any atom is 0.101 e. The van der Waals surface area contributed by atoms with E-state index in [-0.39, 0.29) is 5.41 Å². The van der Waals surface area contributed by atoms with Crippen LogP contribution in [0.3, 0.4) is 0 Å². The molecule has 1 aliphatic carbocycles. The van der Waals surface area contributed by atoms with Gasteiger partial charge in [0, 0.05) is 29.1 Å². The lowest BCUT2D eigenvalue weighted by atomic mass is 9.78. The van der Waals surface area contributed by atoms with Gasteiger partial charge in [0.15, 0.2) is 0 Å². The molecule has 0 aliphatic heterocycles. The van der Waals surface area contributed by atoms with E-state index in [1.165, 1.54) is 31.2 Å². The Morgan fingerprint density at radius 3 is 2.85 bits per heavy atom. The van der Waals surface area contributed by atoms with Gasteiger partial charge in [-0.1, -0.05) is 25.8 Å². The van der Waals surface area contributed by atoms with Crippen molar-refractivity contribution in [3.05, 3.63) is 35.5 Å². The summed E-state index contributed by atoms with van der Waals surface area (Å²) in [6.07, 6.45) is 6.92. The molecule has 0 unspecified atom stereocenters. The smallest absolute Gasteiger partial charge is 0.101 e. The zero-order valence-corrected chi connectivity index (χ0v) is 12.0. The van der Waals surface area contributed by atoms with Crippen LogP contribution in [0.4, 0.5) is 0 Å². The highest BCUT2D eigenvalue weighted by molar-refractivity contribution is 5.86. The van der Waals surface area contributed by atoms with Gasteiger partial charge >= 0.3 is 0 Å². The van der Waals surface area contributed by atoms with E-state index in [2.05, 4.69) is 41.5 Å². The minimum absolute atomic E-state index is 0.258. The first kappa shape index (κ1) is 13.2. The van der Waals surface area contributed by atoms with Crippen LogP contribution in [0.2, 0.25) is 0 Å². The van der Waals surface area contributed by atoms with Crippen LogP contribution in [0, 0.1) is 11.3 Å². The van der Waals surface area contributed by atoms with Crippen LogP contribution >= 0.6 is 0 Å². The summed E-state index contributed by atoms with van der Waals surface area (Å²) >= 11 is 0. The Bertz CT molecular complexity index is 642. The summed E-state index contributed by atoms with van der Waals surface area (Å²) in [5.41, 5.74) is 3.45. The molecule has 0 saturated heterocycles. The third kappa shape index (κ3) is 2.10. The molecule has 3 heteroatoms. The molecule has 1 aromatic heterocycles. The second-order valence-electron chi connectivity index (χ2n) is 5.84. The number of likely N-dealkylation sites (N-methyl/N-ethyl adjacent to an activating group) is 1. The molecule has 2 N–H and O–H groups in total. The van der Waals surface area contributed by atoms with Crippen LogP contribution in [0.1, 0.15) is 43.7 Å². The Balaban J connectivity index is 2.04. The number of nitriles is 1. The summed E-state index contributed by atoms with van der Waals surface area (Å²) < 4.78 is 0. The highest BCUT2D eigenvalue weighted by atomic mass is 14.9. The molecule has 3 nitrogen and oxygen atoms in total. The topological polar surface area (TPSA) is 51.6 Å². The number of aromatic amines is 1. The molecule has 0 atom stereocenters.